The smallest absolute Gasteiger partial charge is 0.338 e. The molecule has 7 heteroatoms. The molecule has 0 aromatic heterocycles. The number of ether oxygens (including phenoxy) is 1. The van der Waals surface area contributed by atoms with Crippen LogP contribution in [0.2, 0.25) is 0 Å². The summed E-state index contributed by atoms with van der Waals surface area (Å²) in [5.41, 5.74) is 3.24. The first-order valence-corrected chi connectivity index (χ1v) is 11.2. The summed E-state index contributed by atoms with van der Waals surface area (Å²) in [6, 6.07) is 23.4. The highest BCUT2D eigenvalue weighted by Crippen LogP contribution is 2.15. The molecule has 0 spiro atoms. The van der Waals surface area contributed by atoms with Crippen LogP contribution in [0.3, 0.4) is 0 Å². The van der Waals surface area contributed by atoms with Gasteiger partial charge >= 0.3 is 5.97 Å². The van der Waals surface area contributed by atoms with Gasteiger partial charge < -0.3 is 20.3 Å². The first-order valence-electron chi connectivity index (χ1n) is 11.2. The lowest BCUT2D eigenvalue weighted by Crippen LogP contribution is -2.26. The molecule has 0 bridgehead atoms. The number of benzene rings is 3. The predicted octanol–water partition coefficient (Wildman–Crippen LogP) is 4.58. The molecule has 0 fully saturated rings. The maximum Gasteiger partial charge on any atom is 0.338 e. The van der Waals surface area contributed by atoms with E-state index in [1.165, 1.54) is 0 Å². The summed E-state index contributed by atoms with van der Waals surface area (Å²) in [4.78, 5) is 38.7. The van der Waals surface area contributed by atoms with E-state index in [9.17, 15) is 14.4 Å². The number of carbonyl (C=O) groups excluding carboxylic acids is 3. The van der Waals surface area contributed by atoms with Gasteiger partial charge in [-0.25, -0.2) is 4.79 Å². The predicted molar refractivity (Wildman–Crippen MR) is 133 cm³/mol. The number of anilines is 2. The summed E-state index contributed by atoms with van der Waals surface area (Å²) in [5, 5.41) is 5.82. The molecule has 0 radical (unpaired) electrons. The van der Waals surface area contributed by atoms with Crippen LogP contribution in [0.1, 0.15) is 39.6 Å². The van der Waals surface area contributed by atoms with E-state index < -0.39 is 0 Å². The van der Waals surface area contributed by atoms with Crippen molar-refractivity contribution in [1.82, 2.24) is 4.90 Å². The van der Waals surface area contributed by atoms with E-state index in [1.807, 2.05) is 37.3 Å². The number of esters is 1. The molecule has 0 unspecified atom stereocenters. The van der Waals surface area contributed by atoms with Gasteiger partial charge in [-0.1, -0.05) is 43.3 Å². The van der Waals surface area contributed by atoms with Gasteiger partial charge in [-0.15, -0.1) is 0 Å². The fourth-order valence-electron chi connectivity index (χ4n) is 3.27. The highest BCUT2D eigenvalue weighted by molar-refractivity contribution is 5.98. The molecule has 3 rings (SSSR count). The van der Waals surface area contributed by atoms with Gasteiger partial charge in [0.1, 0.15) is 0 Å². The van der Waals surface area contributed by atoms with Crippen LogP contribution >= 0.6 is 0 Å². The Bertz CT molecular complexity index is 1110. The summed E-state index contributed by atoms with van der Waals surface area (Å²) in [7, 11) is 1.75. The minimum absolute atomic E-state index is 0.0334. The normalized spacial score (nSPS) is 10.3. The van der Waals surface area contributed by atoms with E-state index >= 15 is 0 Å². The second-order valence-electron chi connectivity index (χ2n) is 7.84. The minimum atomic E-state index is -0.366. The van der Waals surface area contributed by atoms with Gasteiger partial charge in [0.05, 0.1) is 18.7 Å². The van der Waals surface area contributed by atoms with Gasteiger partial charge in [0.25, 0.3) is 5.91 Å². The van der Waals surface area contributed by atoms with Crippen LogP contribution in [0, 0.1) is 0 Å². The molecule has 7 nitrogen and oxygen atoms in total. The molecule has 0 atom stereocenters. The van der Waals surface area contributed by atoms with Crippen LogP contribution in [-0.4, -0.2) is 42.9 Å². The molecule has 34 heavy (non-hydrogen) atoms. The first kappa shape index (κ1) is 24.5. The van der Waals surface area contributed by atoms with E-state index in [0.717, 1.165) is 12.0 Å². The Labute approximate surface area is 199 Å². The van der Waals surface area contributed by atoms with Crippen molar-refractivity contribution in [3.8, 4) is 0 Å². The van der Waals surface area contributed by atoms with E-state index in [-0.39, 0.29) is 24.3 Å². The van der Waals surface area contributed by atoms with E-state index in [1.54, 1.807) is 60.5 Å². The summed E-state index contributed by atoms with van der Waals surface area (Å²) in [6.45, 7) is 2.85. The van der Waals surface area contributed by atoms with E-state index in [0.29, 0.717) is 35.7 Å². The molecular formula is C27H29N3O4. The second-order valence-corrected chi connectivity index (χ2v) is 7.84. The second kappa shape index (κ2) is 12.2. The monoisotopic (exact) mass is 459 g/mol. The Balaban J connectivity index is 1.52. The lowest BCUT2D eigenvalue weighted by molar-refractivity contribution is -0.114. The Morgan fingerprint density at radius 1 is 0.853 bits per heavy atom. The summed E-state index contributed by atoms with van der Waals surface area (Å²) in [5.74, 6) is -0.751. The topological polar surface area (TPSA) is 87.7 Å². The zero-order valence-electron chi connectivity index (χ0n) is 19.4. The number of nitrogens with one attached hydrogen (secondary N) is 2. The standard InChI is InChI=1S/C27H29N3O4/c1-3-16-34-27(33)21-12-14-23(15-13-21)28-18-25(31)29-24-11-7-10-22(17-24)26(32)30(2)19-20-8-5-4-6-9-20/h4-15,17,28H,3,16,18-19H2,1-2H3,(H,29,31). The van der Waals surface area contributed by atoms with Crippen LogP contribution < -0.4 is 10.6 Å². The van der Waals surface area contributed by atoms with Crippen LogP contribution in [-0.2, 0) is 16.1 Å². The van der Waals surface area contributed by atoms with Crippen molar-refractivity contribution < 1.29 is 19.1 Å². The molecule has 3 aromatic rings. The zero-order valence-corrected chi connectivity index (χ0v) is 19.4. The molecule has 0 aliphatic carbocycles. The molecule has 0 saturated heterocycles. The van der Waals surface area contributed by atoms with Gasteiger partial charge in [-0.05, 0) is 54.4 Å². The van der Waals surface area contributed by atoms with Crippen LogP contribution in [0.4, 0.5) is 11.4 Å². The number of amides is 2. The maximum atomic E-state index is 12.8. The average Bonchev–Trinajstić information content (AvgIpc) is 2.86. The fraction of sp³-hybridized carbons (Fsp3) is 0.222. The Kier molecular flexibility index (Phi) is 8.80. The van der Waals surface area contributed by atoms with Crippen molar-refractivity contribution in [2.45, 2.75) is 19.9 Å². The van der Waals surface area contributed by atoms with Crippen LogP contribution in [0.15, 0.2) is 78.9 Å². The number of rotatable bonds is 10. The van der Waals surface area contributed by atoms with Gasteiger partial charge in [0.2, 0.25) is 5.91 Å². The molecule has 3 aromatic carbocycles. The maximum absolute atomic E-state index is 12.8. The average molecular weight is 460 g/mol. The van der Waals surface area contributed by atoms with Gasteiger partial charge in [-0.2, -0.15) is 0 Å². The largest absolute Gasteiger partial charge is 0.462 e. The number of hydrogen-bond acceptors (Lipinski definition) is 5. The van der Waals surface area contributed by atoms with Crippen LogP contribution in [0.25, 0.3) is 0 Å². The Morgan fingerprint density at radius 2 is 1.59 bits per heavy atom. The fourth-order valence-corrected chi connectivity index (χ4v) is 3.27. The zero-order chi connectivity index (χ0) is 24.3. The minimum Gasteiger partial charge on any atom is -0.462 e. The summed E-state index contributed by atoms with van der Waals surface area (Å²) in [6.07, 6.45) is 0.766. The lowest BCUT2D eigenvalue weighted by Gasteiger charge is -2.18. The van der Waals surface area contributed by atoms with Gasteiger partial charge in [-0.3, -0.25) is 9.59 Å². The molecule has 176 valence electrons. The summed E-state index contributed by atoms with van der Waals surface area (Å²) < 4.78 is 5.10. The lowest BCUT2D eigenvalue weighted by atomic mass is 10.1. The third-order valence-electron chi connectivity index (χ3n) is 5.01. The van der Waals surface area contributed by atoms with Crippen molar-refractivity contribution >= 4 is 29.2 Å². The van der Waals surface area contributed by atoms with Crippen molar-refractivity contribution in [1.29, 1.82) is 0 Å². The Morgan fingerprint density at radius 3 is 2.29 bits per heavy atom. The van der Waals surface area contributed by atoms with Crippen molar-refractivity contribution in [2.75, 3.05) is 30.8 Å². The highest BCUT2D eigenvalue weighted by Gasteiger charge is 2.13. The first-order chi connectivity index (χ1) is 16.5. The number of carbonyl (C=O) groups is 3. The molecule has 0 heterocycles. The van der Waals surface area contributed by atoms with Crippen molar-refractivity contribution in [3.05, 3.63) is 95.6 Å². The molecule has 2 amide bonds. The Hall–Kier alpha value is -4.13. The molecule has 0 aliphatic heterocycles. The molecular weight excluding hydrogens is 430 g/mol. The number of hydrogen-bond donors (Lipinski definition) is 2. The molecule has 0 saturated carbocycles. The van der Waals surface area contributed by atoms with Gasteiger partial charge in [0.15, 0.2) is 0 Å². The van der Waals surface area contributed by atoms with Crippen molar-refractivity contribution in [2.24, 2.45) is 0 Å². The molecule has 2 N–H and O–H groups in total. The quantitative estimate of drug-likeness (QED) is 0.434. The van der Waals surface area contributed by atoms with E-state index in [4.69, 9.17) is 4.74 Å². The SMILES string of the molecule is CCCOC(=O)c1ccc(NCC(=O)Nc2cccc(C(=O)N(C)Cc3ccccc3)c2)cc1. The van der Waals surface area contributed by atoms with Crippen molar-refractivity contribution in [3.63, 3.8) is 0 Å². The third-order valence-corrected chi connectivity index (χ3v) is 5.01. The highest BCUT2D eigenvalue weighted by atomic mass is 16.5. The van der Waals surface area contributed by atoms with E-state index in [2.05, 4.69) is 10.6 Å². The van der Waals surface area contributed by atoms with Gasteiger partial charge in [0, 0.05) is 30.5 Å². The summed E-state index contributed by atoms with van der Waals surface area (Å²) >= 11 is 0. The van der Waals surface area contributed by atoms with Crippen LogP contribution in [0.5, 0.6) is 0 Å². The number of nitrogens with zero attached hydrogens (tertiary/aromatic N) is 1. The third kappa shape index (κ3) is 7.20. The molecule has 0 aliphatic rings.